The Balaban J connectivity index is 1.46. The lowest BCUT2D eigenvalue weighted by molar-refractivity contribution is 0.305. The van der Waals surface area contributed by atoms with Gasteiger partial charge in [-0.2, -0.15) is 0 Å². The molecule has 8 heteroatoms. The van der Waals surface area contributed by atoms with E-state index in [1.165, 1.54) is 11.8 Å². The van der Waals surface area contributed by atoms with Crippen molar-refractivity contribution in [2.75, 3.05) is 0 Å². The summed E-state index contributed by atoms with van der Waals surface area (Å²) >= 11 is 8.93. The minimum atomic E-state index is -0.0571. The van der Waals surface area contributed by atoms with E-state index in [0.717, 1.165) is 16.5 Å². The summed E-state index contributed by atoms with van der Waals surface area (Å²) in [6.45, 7) is 4.57. The van der Waals surface area contributed by atoms with Crippen LogP contribution in [0.4, 0.5) is 0 Å². The number of aromatic nitrogens is 3. The van der Waals surface area contributed by atoms with Crippen LogP contribution in [0.1, 0.15) is 10.7 Å². The van der Waals surface area contributed by atoms with Crippen LogP contribution in [-0.4, -0.2) is 14.5 Å². The van der Waals surface area contributed by atoms with Gasteiger partial charge in [0.2, 0.25) is 0 Å². The highest BCUT2D eigenvalue weighted by Gasteiger charge is 2.12. The zero-order valence-electron chi connectivity index (χ0n) is 16.0. The Kier molecular flexibility index (Phi) is 6.52. The van der Waals surface area contributed by atoms with Crippen molar-refractivity contribution in [2.24, 2.45) is 0 Å². The first-order chi connectivity index (χ1) is 14.6. The van der Waals surface area contributed by atoms with E-state index in [1.54, 1.807) is 40.2 Å². The SMILES string of the molecule is C=CCn1c(SCc2csc(COc3ccc(Cl)cc3)n2)nc2ccccc2c1=O. The smallest absolute Gasteiger partial charge is 0.262 e. The molecule has 2 aromatic heterocycles. The van der Waals surface area contributed by atoms with E-state index >= 15 is 0 Å². The monoisotopic (exact) mass is 455 g/mol. The average molecular weight is 456 g/mol. The number of fused-ring (bicyclic) bond motifs is 1. The summed E-state index contributed by atoms with van der Waals surface area (Å²) in [4.78, 5) is 22.1. The third-order valence-corrected chi connectivity index (χ3v) is 6.40. The summed E-state index contributed by atoms with van der Waals surface area (Å²) in [6.07, 6.45) is 1.71. The summed E-state index contributed by atoms with van der Waals surface area (Å²) in [6, 6.07) is 14.6. The minimum Gasteiger partial charge on any atom is -0.486 e. The van der Waals surface area contributed by atoms with Crippen molar-refractivity contribution in [2.45, 2.75) is 24.1 Å². The fraction of sp³-hybridized carbons (Fsp3) is 0.136. The molecular formula is C22H18ClN3O2S2. The van der Waals surface area contributed by atoms with Crippen LogP contribution in [0.25, 0.3) is 10.9 Å². The fourth-order valence-electron chi connectivity index (χ4n) is 2.84. The number of ether oxygens (including phenoxy) is 1. The molecule has 0 aliphatic rings. The quantitative estimate of drug-likeness (QED) is 0.197. The molecule has 0 aliphatic heterocycles. The molecule has 5 nitrogen and oxygen atoms in total. The van der Waals surface area contributed by atoms with Gasteiger partial charge in [0.25, 0.3) is 5.56 Å². The van der Waals surface area contributed by atoms with Crippen LogP contribution < -0.4 is 10.3 Å². The lowest BCUT2D eigenvalue weighted by Crippen LogP contribution is -2.22. The number of nitrogens with zero attached hydrogens (tertiary/aromatic N) is 3. The molecule has 0 N–H and O–H groups in total. The normalized spacial score (nSPS) is 11.0. The van der Waals surface area contributed by atoms with Crippen molar-refractivity contribution in [3.8, 4) is 5.75 Å². The lowest BCUT2D eigenvalue weighted by Gasteiger charge is -2.10. The van der Waals surface area contributed by atoms with Crippen LogP contribution in [0.15, 0.2) is 76.5 Å². The van der Waals surface area contributed by atoms with Crippen molar-refractivity contribution in [3.05, 3.63) is 92.6 Å². The third kappa shape index (κ3) is 4.75. The van der Waals surface area contributed by atoms with Gasteiger partial charge in [-0.15, -0.1) is 17.9 Å². The maximum Gasteiger partial charge on any atom is 0.262 e. The van der Waals surface area contributed by atoms with Gasteiger partial charge in [-0.3, -0.25) is 9.36 Å². The molecule has 4 aromatic rings. The number of thiazole rings is 1. The Hall–Kier alpha value is -2.61. The Morgan fingerprint density at radius 3 is 2.77 bits per heavy atom. The van der Waals surface area contributed by atoms with E-state index in [2.05, 4.69) is 16.5 Å². The molecule has 0 saturated heterocycles. The van der Waals surface area contributed by atoms with Crippen LogP contribution in [0.3, 0.4) is 0 Å². The predicted molar refractivity (Wildman–Crippen MR) is 124 cm³/mol. The van der Waals surface area contributed by atoms with Gasteiger partial charge in [-0.25, -0.2) is 9.97 Å². The van der Waals surface area contributed by atoms with Crippen molar-refractivity contribution >= 4 is 45.6 Å². The maximum atomic E-state index is 12.8. The molecule has 0 unspecified atom stereocenters. The minimum absolute atomic E-state index is 0.0571. The second kappa shape index (κ2) is 9.47. The van der Waals surface area contributed by atoms with E-state index in [1.807, 2.05) is 35.7 Å². The number of benzene rings is 2. The third-order valence-electron chi connectivity index (χ3n) is 4.26. The first-order valence-electron chi connectivity index (χ1n) is 9.19. The molecule has 0 saturated carbocycles. The Labute approximate surface area is 187 Å². The molecule has 0 aliphatic carbocycles. The summed E-state index contributed by atoms with van der Waals surface area (Å²) in [5.74, 6) is 1.36. The van der Waals surface area contributed by atoms with Gasteiger partial charge >= 0.3 is 0 Å². The van der Waals surface area contributed by atoms with Gasteiger partial charge in [-0.05, 0) is 36.4 Å². The molecular weight excluding hydrogens is 438 g/mol. The first kappa shape index (κ1) is 20.7. The first-order valence-corrected chi connectivity index (χ1v) is 11.4. The zero-order chi connectivity index (χ0) is 20.9. The number of thioether (sulfide) groups is 1. The molecule has 0 atom stereocenters. The number of allylic oxidation sites excluding steroid dienone is 1. The largest absolute Gasteiger partial charge is 0.486 e. The Bertz CT molecular complexity index is 1240. The predicted octanol–water partition coefficient (Wildman–Crippen LogP) is 5.56. The van der Waals surface area contributed by atoms with Crippen LogP contribution in [-0.2, 0) is 18.9 Å². The van der Waals surface area contributed by atoms with E-state index in [9.17, 15) is 4.79 Å². The van der Waals surface area contributed by atoms with Gasteiger partial charge < -0.3 is 4.74 Å². The van der Waals surface area contributed by atoms with Crippen LogP contribution in [0.2, 0.25) is 5.02 Å². The van der Waals surface area contributed by atoms with Crippen molar-refractivity contribution in [1.82, 2.24) is 14.5 Å². The highest BCUT2D eigenvalue weighted by molar-refractivity contribution is 7.98. The van der Waals surface area contributed by atoms with Gasteiger partial charge in [0, 0.05) is 22.7 Å². The summed E-state index contributed by atoms with van der Waals surface area (Å²) in [7, 11) is 0. The number of halogens is 1. The van der Waals surface area contributed by atoms with Crippen molar-refractivity contribution in [3.63, 3.8) is 0 Å². The Morgan fingerprint density at radius 1 is 1.17 bits per heavy atom. The second-order valence-electron chi connectivity index (χ2n) is 6.38. The van der Waals surface area contributed by atoms with E-state index in [4.69, 9.17) is 16.3 Å². The molecule has 2 heterocycles. The summed E-state index contributed by atoms with van der Waals surface area (Å²) in [5.41, 5.74) is 1.56. The van der Waals surface area contributed by atoms with Gasteiger partial charge in [0.1, 0.15) is 17.4 Å². The zero-order valence-corrected chi connectivity index (χ0v) is 18.3. The Morgan fingerprint density at radius 2 is 1.97 bits per heavy atom. The molecule has 0 amide bonds. The summed E-state index contributed by atoms with van der Waals surface area (Å²) in [5, 5.41) is 4.83. The lowest BCUT2D eigenvalue weighted by atomic mass is 10.2. The molecule has 2 aromatic carbocycles. The number of para-hydroxylation sites is 1. The van der Waals surface area contributed by atoms with E-state index < -0.39 is 0 Å². The van der Waals surface area contributed by atoms with Crippen LogP contribution in [0.5, 0.6) is 5.75 Å². The van der Waals surface area contributed by atoms with Crippen LogP contribution in [0, 0.1) is 0 Å². The standard InChI is InChI=1S/C22H18ClN3O2S2/c1-2-11-26-21(27)18-5-3-4-6-19(18)25-22(26)30-14-16-13-29-20(24-16)12-28-17-9-7-15(23)8-10-17/h2-10,13H,1,11-12,14H2. The highest BCUT2D eigenvalue weighted by atomic mass is 35.5. The summed E-state index contributed by atoms with van der Waals surface area (Å²) < 4.78 is 7.40. The molecule has 0 radical (unpaired) electrons. The van der Waals surface area contributed by atoms with E-state index in [-0.39, 0.29) is 5.56 Å². The number of hydrogen-bond acceptors (Lipinski definition) is 6. The second-order valence-corrected chi connectivity index (χ2v) is 8.70. The molecule has 4 rings (SSSR count). The fourth-order valence-corrected chi connectivity index (χ4v) is 4.68. The molecule has 30 heavy (non-hydrogen) atoms. The molecule has 0 bridgehead atoms. The molecule has 0 fully saturated rings. The van der Waals surface area contributed by atoms with Gasteiger partial charge in [0.15, 0.2) is 5.16 Å². The van der Waals surface area contributed by atoms with Gasteiger partial charge in [-0.1, -0.05) is 41.6 Å². The van der Waals surface area contributed by atoms with Crippen LogP contribution >= 0.6 is 34.7 Å². The van der Waals surface area contributed by atoms with Crippen molar-refractivity contribution in [1.29, 1.82) is 0 Å². The van der Waals surface area contributed by atoms with Crippen molar-refractivity contribution < 1.29 is 4.74 Å². The number of hydrogen-bond donors (Lipinski definition) is 0. The average Bonchev–Trinajstić information content (AvgIpc) is 3.22. The highest BCUT2D eigenvalue weighted by Crippen LogP contribution is 2.24. The van der Waals surface area contributed by atoms with Gasteiger partial charge in [0.05, 0.1) is 16.6 Å². The van der Waals surface area contributed by atoms with E-state index in [0.29, 0.717) is 40.0 Å². The molecule has 0 spiro atoms. The maximum absolute atomic E-state index is 12.8. The topological polar surface area (TPSA) is 57.0 Å². The molecule has 152 valence electrons. The number of rotatable bonds is 8.